The molecule has 6 rings (SSSR count). The van der Waals surface area contributed by atoms with E-state index in [0.717, 1.165) is 12.8 Å². The van der Waals surface area contributed by atoms with Gasteiger partial charge in [-0.2, -0.15) is 4.98 Å². The molecule has 2 atom stereocenters. The van der Waals surface area contributed by atoms with E-state index in [-0.39, 0.29) is 63.3 Å². The van der Waals surface area contributed by atoms with Gasteiger partial charge in [0.1, 0.15) is 11.6 Å². The van der Waals surface area contributed by atoms with Crippen molar-refractivity contribution in [2.75, 3.05) is 42.3 Å². The largest absolute Gasteiger partial charge is 0.376 e. The van der Waals surface area contributed by atoms with E-state index in [1.807, 2.05) is 57.7 Å². The molecule has 0 bridgehead atoms. The summed E-state index contributed by atoms with van der Waals surface area (Å²) < 4.78 is 17.2. The van der Waals surface area contributed by atoms with Crippen molar-refractivity contribution in [1.29, 1.82) is 0 Å². The average Bonchev–Trinajstić information content (AvgIpc) is 3.91. The second-order valence-corrected chi connectivity index (χ2v) is 13.7. The van der Waals surface area contributed by atoms with E-state index in [1.165, 1.54) is 22.8 Å². The summed E-state index contributed by atoms with van der Waals surface area (Å²) in [5.74, 6) is -0.864. The first-order valence-corrected chi connectivity index (χ1v) is 16.8. The van der Waals surface area contributed by atoms with Crippen LogP contribution in [0.1, 0.15) is 52.1 Å². The predicted molar refractivity (Wildman–Crippen MR) is 191 cm³/mol. The molecular formula is C36H40ClFN8O3. The molecule has 256 valence electrons. The van der Waals surface area contributed by atoms with Crippen molar-refractivity contribution in [3.63, 3.8) is 0 Å². The Balaban J connectivity index is 1.66. The number of amides is 2. The number of halogens is 2. The third-order valence-electron chi connectivity index (χ3n) is 9.16. The molecule has 1 saturated carbocycles. The first-order chi connectivity index (χ1) is 23.3. The van der Waals surface area contributed by atoms with E-state index in [2.05, 4.69) is 21.9 Å². The number of nitrogens with one attached hydrogen (secondary N) is 1. The van der Waals surface area contributed by atoms with Gasteiger partial charge in [0.2, 0.25) is 11.8 Å². The van der Waals surface area contributed by atoms with Gasteiger partial charge in [-0.3, -0.25) is 14.6 Å². The zero-order valence-corrected chi connectivity index (χ0v) is 29.3. The van der Waals surface area contributed by atoms with Crippen molar-refractivity contribution in [3.05, 3.63) is 76.2 Å². The number of anilines is 3. The van der Waals surface area contributed by atoms with Crippen LogP contribution in [-0.4, -0.2) is 75.5 Å². The van der Waals surface area contributed by atoms with Gasteiger partial charge in [0.25, 0.3) is 0 Å². The highest BCUT2D eigenvalue weighted by Gasteiger charge is 2.35. The number of aromatic nitrogens is 4. The minimum Gasteiger partial charge on any atom is -0.376 e. The maximum absolute atomic E-state index is 15.8. The van der Waals surface area contributed by atoms with E-state index >= 15 is 4.39 Å². The zero-order valence-electron chi connectivity index (χ0n) is 28.5. The third kappa shape index (κ3) is 6.25. The second kappa shape index (κ2) is 13.2. The Morgan fingerprint density at radius 3 is 2.51 bits per heavy atom. The molecule has 2 amide bonds. The van der Waals surface area contributed by atoms with Gasteiger partial charge in [0, 0.05) is 51.4 Å². The average molecular weight is 687 g/mol. The number of pyridine rings is 2. The lowest BCUT2D eigenvalue weighted by Gasteiger charge is -2.44. The number of benzene rings is 1. The Bertz CT molecular complexity index is 2020. The fourth-order valence-corrected chi connectivity index (χ4v) is 6.71. The van der Waals surface area contributed by atoms with Crippen LogP contribution in [0.4, 0.5) is 21.6 Å². The molecule has 49 heavy (non-hydrogen) atoms. The van der Waals surface area contributed by atoms with Gasteiger partial charge in [0.15, 0.2) is 5.65 Å². The van der Waals surface area contributed by atoms with Gasteiger partial charge in [-0.25, -0.2) is 18.7 Å². The number of rotatable bonds is 8. The third-order valence-corrected chi connectivity index (χ3v) is 9.45. The van der Waals surface area contributed by atoms with Crippen LogP contribution in [0.25, 0.3) is 28.0 Å². The predicted octanol–water partition coefficient (Wildman–Crippen LogP) is 5.78. The van der Waals surface area contributed by atoms with E-state index < -0.39 is 11.5 Å². The summed E-state index contributed by atoms with van der Waals surface area (Å²) in [6, 6.07) is 7.42. The molecule has 4 aromatic rings. The fourth-order valence-electron chi connectivity index (χ4n) is 6.47. The lowest BCUT2D eigenvalue weighted by atomic mass is 10.0. The molecule has 0 radical (unpaired) electrons. The van der Waals surface area contributed by atoms with Crippen LogP contribution in [-0.2, 0) is 9.59 Å². The van der Waals surface area contributed by atoms with Crippen molar-refractivity contribution >= 4 is 51.6 Å². The van der Waals surface area contributed by atoms with Gasteiger partial charge >= 0.3 is 5.69 Å². The summed E-state index contributed by atoms with van der Waals surface area (Å²) in [6.07, 6.45) is 4.54. The van der Waals surface area contributed by atoms with E-state index in [4.69, 9.17) is 16.6 Å². The number of carbonyl (C=O) groups excluding carboxylic acids is 2. The zero-order chi connectivity index (χ0) is 35.3. The molecule has 13 heteroatoms. The van der Waals surface area contributed by atoms with Crippen molar-refractivity contribution in [3.8, 4) is 16.9 Å². The molecule has 1 aliphatic heterocycles. The van der Waals surface area contributed by atoms with Gasteiger partial charge in [-0.1, -0.05) is 38.1 Å². The van der Waals surface area contributed by atoms with E-state index in [9.17, 15) is 14.4 Å². The summed E-state index contributed by atoms with van der Waals surface area (Å²) in [4.78, 5) is 59.8. The molecule has 1 saturated heterocycles. The fraction of sp³-hybridized carbons (Fsp3) is 0.389. The van der Waals surface area contributed by atoms with Gasteiger partial charge < -0.3 is 20.0 Å². The Hall–Kier alpha value is -4.84. The Morgan fingerprint density at radius 1 is 1.12 bits per heavy atom. The van der Waals surface area contributed by atoms with Crippen LogP contribution < -0.4 is 20.8 Å². The smallest absolute Gasteiger partial charge is 0.355 e. The summed E-state index contributed by atoms with van der Waals surface area (Å²) >= 11 is 6.99. The maximum Gasteiger partial charge on any atom is 0.355 e. The number of fused-ring (bicyclic) bond motifs is 1. The summed E-state index contributed by atoms with van der Waals surface area (Å²) in [5.41, 5.74) is 1.74. The molecule has 0 spiro atoms. The van der Waals surface area contributed by atoms with Crippen molar-refractivity contribution < 1.29 is 14.0 Å². The van der Waals surface area contributed by atoms with Crippen molar-refractivity contribution in [2.24, 2.45) is 5.92 Å². The Morgan fingerprint density at radius 2 is 1.86 bits per heavy atom. The SMILES string of the molecule is C=CC(=O)N1CC(C)N(c2nc(=O)n(-c3c(N(C)C)ccnc3C(C)C)c3nc(-c4c(F)cccc4NC(=O)C4CC4)c(Cl)cc23)CC1C. The van der Waals surface area contributed by atoms with Crippen molar-refractivity contribution in [2.45, 2.75) is 58.5 Å². The van der Waals surface area contributed by atoms with E-state index in [0.29, 0.717) is 41.4 Å². The topological polar surface area (TPSA) is 117 Å². The lowest BCUT2D eigenvalue weighted by molar-refractivity contribution is -0.128. The lowest BCUT2D eigenvalue weighted by Crippen LogP contribution is -2.58. The monoisotopic (exact) mass is 686 g/mol. The molecule has 2 aliphatic rings. The number of piperazine rings is 1. The summed E-state index contributed by atoms with van der Waals surface area (Å²) in [5, 5.41) is 3.43. The molecule has 4 heterocycles. The highest BCUT2D eigenvalue weighted by molar-refractivity contribution is 6.34. The summed E-state index contributed by atoms with van der Waals surface area (Å²) in [7, 11) is 3.74. The van der Waals surface area contributed by atoms with Crippen LogP contribution in [0.3, 0.4) is 0 Å². The highest BCUT2D eigenvalue weighted by Crippen LogP contribution is 2.40. The standard InChI is InChI=1S/C36H40ClFN8O3/c1-8-28(47)44-17-21(5)45(18-20(44)4)33-23-16-24(37)31(29-25(38)10-9-11-26(29)40-35(48)22-12-13-22)41-34(23)46(36(49)42-33)32-27(43(6)7)14-15-39-30(32)19(2)3/h8-11,14-16,19-22H,1,12-13,17-18H2,2-7H3,(H,40,48). The van der Waals surface area contributed by atoms with Gasteiger partial charge in [-0.15, -0.1) is 0 Å². The number of hydrogen-bond donors (Lipinski definition) is 1. The van der Waals surface area contributed by atoms with Crippen LogP contribution >= 0.6 is 11.6 Å². The minimum atomic E-state index is -0.630. The van der Waals surface area contributed by atoms with Gasteiger partial charge in [0.05, 0.1) is 44.4 Å². The van der Waals surface area contributed by atoms with Gasteiger partial charge in [-0.05, 0) is 62.9 Å². The number of hydrogen-bond acceptors (Lipinski definition) is 8. The Labute approximate surface area is 289 Å². The highest BCUT2D eigenvalue weighted by atomic mass is 35.5. The first-order valence-electron chi connectivity index (χ1n) is 16.4. The number of carbonyl (C=O) groups is 2. The molecule has 2 unspecified atom stereocenters. The minimum absolute atomic E-state index is 0.0161. The molecule has 1 N–H and O–H groups in total. The van der Waals surface area contributed by atoms with Crippen LogP contribution in [0, 0.1) is 11.7 Å². The molecule has 1 aromatic carbocycles. The summed E-state index contributed by atoms with van der Waals surface area (Å²) in [6.45, 7) is 12.2. The van der Waals surface area contributed by atoms with Crippen molar-refractivity contribution in [1.82, 2.24) is 24.4 Å². The normalized spacial score (nSPS) is 17.8. The molecular weight excluding hydrogens is 647 g/mol. The maximum atomic E-state index is 15.8. The van der Waals surface area contributed by atoms with Crippen LogP contribution in [0.2, 0.25) is 5.02 Å². The molecule has 3 aromatic heterocycles. The van der Waals surface area contributed by atoms with Crippen LogP contribution in [0.15, 0.2) is 54.0 Å². The number of nitrogens with zero attached hydrogens (tertiary/aromatic N) is 7. The van der Waals surface area contributed by atoms with Crippen LogP contribution in [0.5, 0.6) is 0 Å². The molecule has 1 aliphatic carbocycles. The van der Waals surface area contributed by atoms with E-state index in [1.54, 1.807) is 23.2 Å². The Kier molecular flexibility index (Phi) is 9.19. The molecule has 2 fully saturated rings. The second-order valence-electron chi connectivity index (χ2n) is 13.3. The quantitative estimate of drug-likeness (QED) is 0.232. The molecule has 11 nitrogen and oxygen atoms in total. The first kappa shape index (κ1) is 34.0.